The first-order chi connectivity index (χ1) is 9.17. The summed E-state index contributed by atoms with van der Waals surface area (Å²) in [5.41, 5.74) is 6.20. The Morgan fingerprint density at radius 3 is 2.35 bits per heavy atom. The number of nitrogens with zero attached hydrogens (tertiary/aromatic N) is 1. The van der Waals surface area contributed by atoms with Crippen molar-refractivity contribution >= 4 is 5.84 Å². The van der Waals surface area contributed by atoms with Crippen LogP contribution >= 0.6 is 0 Å². The molecule has 1 aromatic rings. The number of alkyl halides is 3. The van der Waals surface area contributed by atoms with Crippen LogP contribution in [0.25, 0.3) is 0 Å². The van der Waals surface area contributed by atoms with Crippen LogP contribution in [0.1, 0.15) is 18.9 Å². The topological polar surface area (TPSA) is 62.3 Å². The van der Waals surface area contributed by atoms with Gasteiger partial charge in [-0.15, -0.1) is 13.2 Å². The van der Waals surface area contributed by atoms with Gasteiger partial charge in [0.05, 0.1) is 5.84 Å². The summed E-state index contributed by atoms with van der Waals surface area (Å²) < 4.78 is 39.9. The Labute approximate surface area is 115 Å². The molecule has 20 heavy (non-hydrogen) atoms. The first kappa shape index (κ1) is 16.3. The summed E-state index contributed by atoms with van der Waals surface area (Å²) in [7, 11) is 1.87. The van der Waals surface area contributed by atoms with Gasteiger partial charge < -0.3 is 10.5 Å². The van der Waals surface area contributed by atoms with Crippen LogP contribution in [-0.2, 0) is 6.54 Å². The highest BCUT2D eigenvalue weighted by molar-refractivity contribution is 5.77. The molecular weight excluding hydrogens is 271 g/mol. The van der Waals surface area contributed by atoms with Crippen LogP contribution in [0.5, 0.6) is 5.75 Å². The lowest BCUT2D eigenvalue weighted by Gasteiger charge is -2.24. The molecule has 1 unspecified atom stereocenters. The van der Waals surface area contributed by atoms with E-state index in [0.29, 0.717) is 13.0 Å². The van der Waals surface area contributed by atoms with E-state index in [-0.39, 0.29) is 17.6 Å². The number of amidine groups is 1. The molecule has 0 aliphatic heterocycles. The molecule has 0 bridgehead atoms. The molecule has 4 nitrogen and oxygen atoms in total. The first-order valence-corrected chi connectivity index (χ1v) is 6.05. The lowest BCUT2D eigenvalue weighted by Crippen LogP contribution is -2.32. The van der Waals surface area contributed by atoms with E-state index in [4.69, 9.17) is 11.1 Å². The molecule has 0 aromatic heterocycles. The van der Waals surface area contributed by atoms with Gasteiger partial charge in [0.1, 0.15) is 5.75 Å². The van der Waals surface area contributed by atoms with Crippen LogP contribution in [0, 0.1) is 5.41 Å². The van der Waals surface area contributed by atoms with Crippen LogP contribution in [-0.4, -0.2) is 30.2 Å². The fourth-order valence-corrected chi connectivity index (χ4v) is 1.71. The smallest absolute Gasteiger partial charge is 0.406 e. The van der Waals surface area contributed by atoms with Crippen molar-refractivity contribution in [2.24, 2.45) is 5.73 Å². The number of halogens is 3. The predicted molar refractivity (Wildman–Crippen MR) is 70.6 cm³/mol. The Bertz CT molecular complexity index is 445. The van der Waals surface area contributed by atoms with Crippen molar-refractivity contribution in [1.82, 2.24) is 4.90 Å². The van der Waals surface area contributed by atoms with Gasteiger partial charge in [0, 0.05) is 19.0 Å². The summed E-state index contributed by atoms with van der Waals surface area (Å²) in [6.45, 7) is 2.49. The zero-order chi connectivity index (χ0) is 15.3. The lowest BCUT2D eigenvalue weighted by atomic mass is 10.1. The van der Waals surface area contributed by atoms with Crippen LogP contribution in [0.2, 0.25) is 0 Å². The Kier molecular flexibility index (Phi) is 5.38. The quantitative estimate of drug-likeness (QED) is 0.625. The van der Waals surface area contributed by atoms with E-state index in [1.54, 1.807) is 12.1 Å². The van der Waals surface area contributed by atoms with E-state index in [2.05, 4.69) is 4.74 Å². The molecule has 1 atom stereocenters. The van der Waals surface area contributed by atoms with E-state index in [1.165, 1.54) is 12.1 Å². The highest BCUT2D eigenvalue weighted by Gasteiger charge is 2.30. The predicted octanol–water partition coefficient (Wildman–Crippen LogP) is 2.73. The number of hydrogen-bond acceptors (Lipinski definition) is 3. The highest BCUT2D eigenvalue weighted by atomic mass is 19.4. The normalized spacial score (nSPS) is 13.3. The highest BCUT2D eigenvalue weighted by Crippen LogP contribution is 2.23. The SMILES string of the molecule is CC(CC(=N)N)N(C)Cc1ccc(OC(F)(F)F)cc1. The maximum absolute atomic E-state index is 12.0. The number of hydrogen-bond donors (Lipinski definition) is 2. The van der Waals surface area contributed by atoms with Gasteiger partial charge in [0.15, 0.2) is 0 Å². The van der Waals surface area contributed by atoms with Crippen molar-refractivity contribution in [1.29, 1.82) is 5.41 Å². The zero-order valence-electron chi connectivity index (χ0n) is 11.4. The first-order valence-electron chi connectivity index (χ1n) is 6.05. The molecule has 0 spiro atoms. The van der Waals surface area contributed by atoms with E-state index in [9.17, 15) is 13.2 Å². The molecule has 0 aliphatic carbocycles. The van der Waals surface area contributed by atoms with Crippen molar-refractivity contribution < 1.29 is 17.9 Å². The molecule has 0 radical (unpaired) electrons. The van der Waals surface area contributed by atoms with Crippen molar-refractivity contribution in [3.8, 4) is 5.75 Å². The van der Waals surface area contributed by atoms with Crippen LogP contribution in [0.3, 0.4) is 0 Å². The maximum Gasteiger partial charge on any atom is 0.573 e. The number of rotatable bonds is 6. The number of nitrogens with one attached hydrogen (secondary N) is 1. The Morgan fingerprint density at radius 1 is 1.35 bits per heavy atom. The standard InChI is InChI=1S/C13H18F3N3O/c1-9(7-12(17)18)19(2)8-10-3-5-11(6-4-10)20-13(14,15)16/h3-6,9H,7-8H2,1-2H3,(H3,17,18). The van der Waals surface area contributed by atoms with Gasteiger partial charge in [-0.25, -0.2) is 0 Å². The lowest BCUT2D eigenvalue weighted by molar-refractivity contribution is -0.274. The monoisotopic (exact) mass is 289 g/mol. The van der Waals surface area contributed by atoms with Crippen LogP contribution in [0.15, 0.2) is 24.3 Å². The van der Waals surface area contributed by atoms with Crippen LogP contribution < -0.4 is 10.5 Å². The van der Waals surface area contributed by atoms with Crippen molar-refractivity contribution in [2.75, 3.05) is 7.05 Å². The minimum Gasteiger partial charge on any atom is -0.406 e. The molecule has 0 amide bonds. The summed E-state index contributed by atoms with van der Waals surface area (Å²) in [6, 6.07) is 5.81. The van der Waals surface area contributed by atoms with Gasteiger partial charge in [0.25, 0.3) is 0 Å². The summed E-state index contributed by atoms with van der Waals surface area (Å²) in [6.07, 6.45) is -4.22. The molecule has 112 valence electrons. The molecule has 0 saturated carbocycles. The van der Waals surface area contributed by atoms with Gasteiger partial charge in [-0.05, 0) is 31.7 Å². The Hall–Kier alpha value is -1.76. The van der Waals surface area contributed by atoms with E-state index in [1.807, 2.05) is 18.9 Å². The summed E-state index contributed by atoms with van der Waals surface area (Å²) >= 11 is 0. The van der Waals surface area contributed by atoms with Crippen molar-refractivity contribution in [2.45, 2.75) is 32.3 Å². The minimum atomic E-state index is -4.67. The van der Waals surface area contributed by atoms with Crippen LogP contribution in [0.4, 0.5) is 13.2 Å². The second kappa shape index (κ2) is 6.60. The van der Waals surface area contributed by atoms with Crippen molar-refractivity contribution in [3.05, 3.63) is 29.8 Å². The van der Waals surface area contributed by atoms with Gasteiger partial charge in [-0.2, -0.15) is 0 Å². The molecule has 1 aromatic carbocycles. The average molecular weight is 289 g/mol. The van der Waals surface area contributed by atoms with E-state index < -0.39 is 6.36 Å². The number of benzene rings is 1. The molecular formula is C13H18F3N3O. The molecule has 7 heteroatoms. The van der Waals surface area contributed by atoms with Gasteiger partial charge in [0.2, 0.25) is 0 Å². The largest absolute Gasteiger partial charge is 0.573 e. The third-order valence-corrected chi connectivity index (χ3v) is 2.86. The third kappa shape index (κ3) is 5.92. The summed E-state index contributed by atoms with van der Waals surface area (Å²) in [5.74, 6) is -0.126. The number of ether oxygens (including phenoxy) is 1. The Morgan fingerprint density at radius 2 is 1.90 bits per heavy atom. The fraction of sp³-hybridized carbons (Fsp3) is 0.462. The van der Waals surface area contributed by atoms with Gasteiger partial charge in [-0.1, -0.05) is 12.1 Å². The molecule has 0 saturated heterocycles. The fourth-order valence-electron chi connectivity index (χ4n) is 1.71. The van der Waals surface area contributed by atoms with Gasteiger partial charge in [-0.3, -0.25) is 10.3 Å². The second-order valence-electron chi connectivity index (χ2n) is 4.69. The zero-order valence-corrected chi connectivity index (χ0v) is 11.4. The van der Waals surface area contributed by atoms with E-state index >= 15 is 0 Å². The van der Waals surface area contributed by atoms with Crippen molar-refractivity contribution in [3.63, 3.8) is 0 Å². The second-order valence-corrected chi connectivity index (χ2v) is 4.69. The minimum absolute atomic E-state index is 0.0820. The third-order valence-electron chi connectivity index (χ3n) is 2.86. The Balaban J connectivity index is 2.59. The maximum atomic E-state index is 12.0. The molecule has 3 N–H and O–H groups in total. The van der Waals surface area contributed by atoms with E-state index in [0.717, 1.165) is 5.56 Å². The molecule has 0 heterocycles. The summed E-state index contributed by atoms with van der Waals surface area (Å²) in [4.78, 5) is 1.97. The summed E-state index contributed by atoms with van der Waals surface area (Å²) in [5, 5.41) is 7.24. The molecule has 0 aliphatic rings. The molecule has 0 fully saturated rings. The van der Waals surface area contributed by atoms with Gasteiger partial charge >= 0.3 is 6.36 Å². The number of nitrogens with two attached hydrogens (primary N) is 1. The average Bonchev–Trinajstić information content (AvgIpc) is 2.28. The molecule has 1 rings (SSSR count).